The Bertz CT molecular complexity index is 679. The van der Waals surface area contributed by atoms with Crippen LogP contribution >= 0.6 is 0 Å². The molecule has 0 aromatic heterocycles. The summed E-state index contributed by atoms with van der Waals surface area (Å²) in [5.41, 5.74) is 3.88. The van der Waals surface area contributed by atoms with Gasteiger partial charge in [-0.15, -0.1) is 0 Å². The maximum Gasteiger partial charge on any atom is 0.231 e. The van der Waals surface area contributed by atoms with Gasteiger partial charge in [0.2, 0.25) is 6.79 Å². The van der Waals surface area contributed by atoms with Gasteiger partial charge in [0.1, 0.15) is 0 Å². The van der Waals surface area contributed by atoms with E-state index in [4.69, 9.17) is 9.47 Å². The van der Waals surface area contributed by atoms with E-state index in [-0.39, 0.29) is 0 Å². The van der Waals surface area contributed by atoms with E-state index in [9.17, 15) is 0 Å². The summed E-state index contributed by atoms with van der Waals surface area (Å²) in [6.07, 6.45) is 6.23. The van der Waals surface area contributed by atoms with Gasteiger partial charge in [-0.2, -0.15) is 0 Å². The number of hydrogen-bond acceptors (Lipinski definition) is 3. The molecule has 3 heteroatoms. The molecule has 0 saturated heterocycles. The van der Waals surface area contributed by atoms with E-state index in [0.717, 1.165) is 24.3 Å². The second kappa shape index (κ2) is 5.17. The molecule has 0 saturated carbocycles. The minimum absolute atomic E-state index is 0.319. The first kappa shape index (κ1) is 12.3. The molecule has 0 radical (unpaired) electrons. The van der Waals surface area contributed by atoms with Crippen molar-refractivity contribution in [3.63, 3.8) is 0 Å². The zero-order valence-corrected chi connectivity index (χ0v) is 11.7. The van der Waals surface area contributed by atoms with Crippen molar-refractivity contribution in [2.24, 2.45) is 0 Å². The van der Waals surface area contributed by atoms with Gasteiger partial charge in [0.05, 0.1) is 6.04 Å². The first-order valence-electron chi connectivity index (χ1n) is 7.30. The summed E-state index contributed by atoms with van der Waals surface area (Å²) in [5.74, 6) is 1.71. The summed E-state index contributed by atoms with van der Waals surface area (Å²) in [4.78, 5) is 0. The Morgan fingerprint density at radius 2 is 1.86 bits per heavy atom. The van der Waals surface area contributed by atoms with Crippen LogP contribution in [0, 0.1) is 0 Å². The molecule has 1 unspecified atom stereocenters. The van der Waals surface area contributed by atoms with Crippen LogP contribution in [0.3, 0.4) is 0 Å². The lowest BCUT2D eigenvalue weighted by Crippen LogP contribution is -2.20. The first-order chi connectivity index (χ1) is 10.4. The zero-order chi connectivity index (χ0) is 14.1. The summed E-state index contributed by atoms with van der Waals surface area (Å²) >= 11 is 0. The van der Waals surface area contributed by atoms with Crippen LogP contribution in [0.4, 0.5) is 0 Å². The molecule has 2 aromatic carbocycles. The Morgan fingerprint density at radius 3 is 2.71 bits per heavy atom. The molecule has 4 rings (SSSR count). The standard InChI is InChI=1S/C18H17NO2/c1-2-4-13(5-3-1)6-7-16-15-11-18-17(20-12-21-18)10-14(15)8-9-19-16/h1-5,8-11,16,19H,6-7,12H2. The molecule has 0 amide bonds. The maximum atomic E-state index is 5.50. The van der Waals surface area contributed by atoms with Crippen LogP contribution < -0.4 is 14.8 Å². The van der Waals surface area contributed by atoms with E-state index in [2.05, 4.69) is 53.9 Å². The molecule has 1 N–H and O–H groups in total. The number of benzene rings is 2. The van der Waals surface area contributed by atoms with Gasteiger partial charge in [0, 0.05) is 0 Å². The van der Waals surface area contributed by atoms with Gasteiger partial charge in [0.25, 0.3) is 0 Å². The Balaban J connectivity index is 1.57. The van der Waals surface area contributed by atoms with Gasteiger partial charge in [-0.05, 0) is 53.9 Å². The van der Waals surface area contributed by atoms with E-state index < -0.39 is 0 Å². The van der Waals surface area contributed by atoms with Crippen LogP contribution in [0.25, 0.3) is 6.08 Å². The fourth-order valence-electron chi connectivity index (χ4n) is 2.96. The summed E-state index contributed by atoms with van der Waals surface area (Å²) in [5, 5.41) is 3.46. The number of rotatable bonds is 3. The number of hydrogen-bond donors (Lipinski definition) is 1. The van der Waals surface area contributed by atoms with Gasteiger partial charge >= 0.3 is 0 Å². The molecule has 2 aliphatic rings. The van der Waals surface area contributed by atoms with Crippen molar-refractivity contribution in [1.82, 2.24) is 5.32 Å². The molecule has 3 nitrogen and oxygen atoms in total. The second-order valence-corrected chi connectivity index (χ2v) is 5.41. The molecule has 0 spiro atoms. The molecule has 0 aliphatic carbocycles. The van der Waals surface area contributed by atoms with E-state index in [1.807, 2.05) is 6.20 Å². The highest BCUT2D eigenvalue weighted by molar-refractivity contribution is 5.63. The van der Waals surface area contributed by atoms with Crippen LogP contribution in [0.2, 0.25) is 0 Å². The summed E-state index contributed by atoms with van der Waals surface area (Å²) < 4.78 is 11.0. The largest absolute Gasteiger partial charge is 0.454 e. The highest BCUT2D eigenvalue weighted by atomic mass is 16.7. The third kappa shape index (κ3) is 2.35. The van der Waals surface area contributed by atoms with E-state index >= 15 is 0 Å². The molecule has 21 heavy (non-hydrogen) atoms. The van der Waals surface area contributed by atoms with Crippen LogP contribution in [0.5, 0.6) is 11.5 Å². The molecule has 2 aliphatic heterocycles. The first-order valence-corrected chi connectivity index (χ1v) is 7.30. The van der Waals surface area contributed by atoms with Gasteiger partial charge < -0.3 is 14.8 Å². The fourth-order valence-corrected chi connectivity index (χ4v) is 2.96. The fraction of sp³-hybridized carbons (Fsp3) is 0.222. The van der Waals surface area contributed by atoms with Gasteiger partial charge in [-0.3, -0.25) is 0 Å². The van der Waals surface area contributed by atoms with Gasteiger partial charge in [-0.25, -0.2) is 0 Å². The smallest absolute Gasteiger partial charge is 0.231 e. The van der Waals surface area contributed by atoms with Gasteiger partial charge in [0.15, 0.2) is 11.5 Å². The molecular formula is C18H17NO2. The Labute approximate surface area is 124 Å². The monoisotopic (exact) mass is 279 g/mol. The van der Waals surface area contributed by atoms with Crippen LogP contribution in [0.1, 0.15) is 29.2 Å². The normalized spacial score (nSPS) is 18.2. The SMILES string of the molecule is C1=Cc2cc3c(cc2C(CCc2ccccc2)N1)OCO3. The average molecular weight is 279 g/mol. The lowest BCUT2D eigenvalue weighted by atomic mass is 9.92. The third-order valence-electron chi connectivity index (χ3n) is 4.08. The van der Waals surface area contributed by atoms with Crippen molar-refractivity contribution in [1.29, 1.82) is 0 Å². The molecule has 106 valence electrons. The van der Waals surface area contributed by atoms with Crippen molar-refractivity contribution in [3.8, 4) is 11.5 Å². The van der Waals surface area contributed by atoms with Crippen LogP contribution in [-0.2, 0) is 6.42 Å². The van der Waals surface area contributed by atoms with Crippen molar-refractivity contribution < 1.29 is 9.47 Å². The summed E-state index contributed by atoms with van der Waals surface area (Å²) in [6, 6.07) is 15.1. The van der Waals surface area contributed by atoms with Crippen molar-refractivity contribution in [3.05, 3.63) is 65.4 Å². The molecule has 1 atom stereocenters. The van der Waals surface area contributed by atoms with E-state index in [1.165, 1.54) is 16.7 Å². The van der Waals surface area contributed by atoms with Crippen LogP contribution in [0.15, 0.2) is 48.7 Å². The topological polar surface area (TPSA) is 30.5 Å². The Morgan fingerprint density at radius 1 is 1.05 bits per heavy atom. The number of fused-ring (bicyclic) bond motifs is 2. The van der Waals surface area contributed by atoms with Crippen molar-refractivity contribution in [2.75, 3.05) is 6.79 Å². The molecule has 0 fully saturated rings. The predicted octanol–water partition coefficient (Wildman–Crippen LogP) is 3.66. The second-order valence-electron chi connectivity index (χ2n) is 5.41. The summed E-state index contributed by atoms with van der Waals surface area (Å²) in [6.45, 7) is 0.323. The molecule has 2 heterocycles. The minimum Gasteiger partial charge on any atom is -0.454 e. The van der Waals surface area contributed by atoms with E-state index in [1.54, 1.807) is 0 Å². The lowest BCUT2D eigenvalue weighted by Gasteiger charge is -2.24. The van der Waals surface area contributed by atoms with Gasteiger partial charge in [-0.1, -0.05) is 30.3 Å². The van der Waals surface area contributed by atoms with E-state index in [0.29, 0.717) is 12.8 Å². The van der Waals surface area contributed by atoms with Crippen molar-refractivity contribution in [2.45, 2.75) is 18.9 Å². The highest BCUT2D eigenvalue weighted by Crippen LogP contribution is 2.39. The third-order valence-corrected chi connectivity index (χ3v) is 4.08. The Kier molecular flexibility index (Phi) is 3.03. The number of ether oxygens (including phenoxy) is 2. The molecule has 2 aromatic rings. The maximum absolute atomic E-state index is 5.50. The van der Waals surface area contributed by atoms with Crippen LogP contribution in [-0.4, -0.2) is 6.79 Å². The molecule has 0 bridgehead atoms. The minimum atomic E-state index is 0.319. The Hall–Kier alpha value is -2.42. The average Bonchev–Trinajstić information content (AvgIpc) is 2.99. The number of nitrogens with one attached hydrogen (secondary N) is 1. The highest BCUT2D eigenvalue weighted by Gasteiger charge is 2.22. The predicted molar refractivity (Wildman–Crippen MR) is 82.2 cm³/mol. The number of aryl methyl sites for hydroxylation is 1. The zero-order valence-electron chi connectivity index (χ0n) is 11.7. The quantitative estimate of drug-likeness (QED) is 0.930. The summed E-state index contributed by atoms with van der Waals surface area (Å²) in [7, 11) is 0. The lowest BCUT2D eigenvalue weighted by molar-refractivity contribution is 0.174. The molecular weight excluding hydrogens is 262 g/mol. The van der Waals surface area contributed by atoms with Crippen molar-refractivity contribution >= 4 is 6.08 Å².